The Bertz CT molecular complexity index is 378. The van der Waals surface area contributed by atoms with Gasteiger partial charge < -0.3 is 16.6 Å². The van der Waals surface area contributed by atoms with Crippen LogP contribution in [-0.2, 0) is 11.2 Å². The van der Waals surface area contributed by atoms with Gasteiger partial charge in [0, 0.05) is 12.5 Å². The lowest BCUT2D eigenvalue weighted by Gasteiger charge is -2.13. The van der Waals surface area contributed by atoms with Gasteiger partial charge in [0.15, 0.2) is 0 Å². The van der Waals surface area contributed by atoms with Crippen LogP contribution in [0.1, 0.15) is 39.2 Å². The standard InChI is InChI=1S/C9H13N.C8H17NO2/c1-8(10)7-9-5-3-2-4-6-9;1-6(2)3-7(5-9)4-8(10)11/h2-6,8H,7,10H2,1H3;6-7H,3-5,9H2,1-2H3,(H,10,11)/t;7-/m.0/s1. The van der Waals surface area contributed by atoms with Crippen LogP contribution in [0.5, 0.6) is 0 Å². The molecule has 0 aliphatic rings. The molecule has 0 saturated heterocycles. The van der Waals surface area contributed by atoms with Crippen molar-refractivity contribution in [2.75, 3.05) is 6.54 Å². The third-order valence-corrected chi connectivity index (χ3v) is 3.00. The molecule has 1 unspecified atom stereocenters. The number of rotatable bonds is 7. The van der Waals surface area contributed by atoms with Gasteiger partial charge >= 0.3 is 5.97 Å². The van der Waals surface area contributed by atoms with Gasteiger partial charge in [-0.3, -0.25) is 4.79 Å². The van der Waals surface area contributed by atoms with Crippen LogP contribution in [0.4, 0.5) is 0 Å². The molecule has 0 radical (unpaired) electrons. The van der Waals surface area contributed by atoms with E-state index in [0.29, 0.717) is 12.5 Å². The minimum Gasteiger partial charge on any atom is -0.481 e. The van der Waals surface area contributed by atoms with Crippen molar-refractivity contribution < 1.29 is 9.90 Å². The first-order chi connectivity index (χ1) is 9.85. The lowest BCUT2D eigenvalue weighted by molar-refractivity contribution is -0.138. The van der Waals surface area contributed by atoms with Crippen molar-refractivity contribution >= 4 is 5.97 Å². The Morgan fingerprint density at radius 1 is 1.19 bits per heavy atom. The fraction of sp³-hybridized carbons (Fsp3) is 0.588. The molecule has 1 aromatic rings. The molecule has 1 rings (SSSR count). The number of hydrogen-bond donors (Lipinski definition) is 3. The van der Waals surface area contributed by atoms with Crippen LogP contribution in [0.3, 0.4) is 0 Å². The largest absolute Gasteiger partial charge is 0.481 e. The second-order valence-corrected chi connectivity index (χ2v) is 6.00. The maximum Gasteiger partial charge on any atom is 0.303 e. The summed E-state index contributed by atoms with van der Waals surface area (Å²) in [5, 5.41) is 8.47. The van der Waals surface area contributed by atoms with Crippen LogP contribution in [0, 0.1) is 11.8 Å². The summed E-state index contributed by atoms with van der Waals surface area (Å²) < 4.78 is 0. The van der Waals surface area contributed by atoms with Crippen LogP contribution in [0.25, 0.3) is 0 Å². The summed E-state index contributed by atoms with van der Waals surface area (Å²) in [6.07, 6.45) is 2.08. The average molecular weight is 294 g/mol. The molecule has 21 heavy (non-hydrogen) atoms. The Morgan fingerprint density at radius 3 is 2.14 bits per heavy atom. The van der Waals surface area contributed by atoms with Crippen LogP contribution in [0.15, 0.2) is 30.3 Å². The highest BCUT2D eigenvalue weighted by Crippen LogP contribution is 2.13. The van der Waals surface area contributed by atoms with Crippen LogP contribution in [-0.4, -0.2) is 23.7 Å². The maximum absolute atomic E-state index is 10.3. The van der Waals surface area contributed by atoms with E-state index in [4.69, 9.17) is 16.6 Å². The van der Waals surface area contributed by atoms with E-state index in [2.05, 4.69) is 26.0 Å². The molecule has 4 heteroatoms. The number of carbonyl (C=O) groups is 1. The summed E-state index contributed by atoms with van der Waals surface area (Å²) >= 11 is 0. The predicted molar refractivity (Wildman–Crippen MR) is 88.0 cm³/mol. The zero-order chi connectivity index (χ0) is 16.3. The SMILES string of the molecule is CC(C)C[C@H](CN)CC(=O)O.CC(N)Cc1ccccc1. The van der Waals surface area contributed by atoms with Gasteiger partial charge in [-0.15, -0.1) is 0 Å². The molecule has 0 amide bonds. The molecular weight excluding hydrogens is 264 g/mol. The minimum atomic E-state index is -0.749. The van der Waals surface area contributed by atoms with E-state index >= 15 is 0 Å². The Kier molecular flexibility index (Phi) is 10.5. The Morgan fingerprint density at radius 2 is 1.76 bits per heavy atom. The van der Waals surface area contributed by atoms with Crippen molar-refractivity contribution in [1.29, 1.82) is 0 Å². The molecular formula is C17H30N2O2. The van der Waals surface area contributed by atoms with Crippen LogP contribution < -0.4 is 11.5 Å². The first kappa shape index (κ1) is 19.6. The topological polar surface area (TPSA) is 89.3 Å². The Balaban J connectivity index is 0.000000382. The van der Waals surface area contributed by atoms with Crippen LogP contribution in [0.2, 0.25) is 0 Å². The molecule has 0 aliphatic heterocycles. The highest BCUT2D eigenvalue weighted by molar-refractivity contribution is 5.67. The van der Waals surface area contributed by atoms with Gasteiger partial charge in [-0.1, -0.05) is 44.2 Å². The fourth-order valence-corrected chi connectivity index (χ4v) is 2.16. The zero-order valence-corrected chi connectivity index (χ0v) is 13.5. The van der Waals surface area contributed by atoms with Gasteiger partial charge in [0.25, 0.3) is 0 Å². The van der Waals surface area contributed by atoms with Crippen molar-refractivity contribution in [2.45, 2.75) is 46.1 Å². The van der Waals surface area contributed by atoms with Crippen molar-refractivity contribution in [3.8, 4) is 0 Å². The normalized spacial score (nSPS) is 13.2. The van der Waals surface area contributed by atoms with Gasteiger partial charge in [0.1, 0.15) is 0 Å². The lowest BCUT2D eigenvalue weighted by atomic mass is 9.94. The number of carboxylic acids is 1. The minimum absolute atomic E-state index is 0.146. The van der Waals surface area contributed by atoms with Crippen molar-refractivity contribution in [3.05, 3.63) is 35.9 Å². The summed E-state index contributed by atoms with van der Waals surface area (Å²) in [6, 6.07) is 10.6. The quantitative estimate of drug-likeness (QED) is 0.721. The molecule has 0 aliphatic carbocycles. The zero-order valence-electron chi connectivity index (χ0n) is 13.5. The number of nitrogens with two attached hydrogens (primary N) is 2. The second-order valence-electron chi connectivity index (χ2n) is 6.00. The number of benzene rings is 1. The molecule has 0 fully saturated rings. The average Bonchev–Trinajstić information content (AvgIpc) is 2.38. The Hall–Kier alpha value is -1.39. The number of hydrogen-bond acceptors (Lipinski definition) is 3. The van der Waals surface area contributed by atoms with E-state index in [1.807, 2.05) is 25.1 Å². The highest BCUT2D eigenvalue weighted by atomic mass is 16.4. The number of aliphatic carboxylic acids is 1. The summed E-state index contributed by atoms with van der Waals surface area (Å²) in [7, 11) is 0. The third kappa shape index (κ3) is 12.1. The molecule has 0 heterocycles. The smallest absolute Gasteiger partial charge is 0.303 e. The van der Waals surface area contributed by atoms with Gasteiger partial charge in [-0.05, 0) is 43.7 Å². The van der Waals surface area contributed by atoms with Gasteiger partial charge in [-0.25, -0.2) is 0 Å². The molecule has 0 bridgehead atoms. The third-order valence-electron chi connectivity index (χ3n) is 3.00. The molecule has 1 aromatic carbocycles. The molecule has 0 spiro atoms. The lowest BCUT2D eigenvalue weighted by Crippen LogP contribution is -2.19. The summed E-state index contributed by atoms with van der Waals surface area (Å²) in [5.74, 6) is -0.0727. The monoisotopic (exact) mass is 294 g/mol. The molecule has 2 atom stereocenters. The Labute approximate surface area is 128 Å². The van der Waals surface area contributed by atoms with E-state index in [9.17, 15) is 4.79 Å². The molecule has 5 N–H and O–H groups in total. The van der Waals surface area contributed by atoms with Crippen molar-refractivity contribution in [3.63, 3.8) is 0 Å². The first-order valence-electron chi connectivity index (χ1n) is 7.56. The van der Waals surface area contributed by atoms with Gasteiger partial charge in [0.2, 0.25) is 0 Å². The second kappa shape index (κ2) is 11.3. The molecule has 120 valence electrons. The van der Waals surface area contributed by atoms with Crippen LogP contribution >= 0.6 is 0 Å². The van der Waals surface area contributed by atoms with E-state index < -0.39 is 5.97 Å². The summed E-state index contributed by atoms with van der Waals surface area (Å²) in [4.78, 5) is 10.3. The maximum atomic E-state index is 10.3. The highest BCUT2D eigenvalue weighted by Gasteiger charge is 2.12. The van der Waals surface area contributed by atoms with Crippen molar-refractivity contribution in [2.24, 2.45) is 23.3 Å². The molecule has 0 aromatic heterocycles. The predicted octanol–water partition coefficient (Wildman–Crippen LogP) is 2.66. The van der Waals surface area contributed by atoms with Crippen molar-refractivity contribution in [1.82, 2.24) is 0 Å². The summed E-state index contributed by atoms with van der Waals surface area (Å²) in [5.41, 5.74) is 12.3. The fourth-order valence-electron chi connectivity index (χ4n) is 2.16. The molecule has 4 nitrogen and oxygen atoms in total. The van der Waals surface area contributed by atoms with E-state index in [1.54, 1.807) is 0 Å². The number of carboxylic acid groups (broad SMARTS) is 1. The van der Waals surface area contributed by atoms with E-state index in [0.717, 1.165) is 12.8 Å². The summed E-state index contributed by atoms with van der Waals surface area (Å²) in [6.45, 7) is 6.65. The van der Waals surface area contributed by atoms with E-state index in [1.165, 1.54) is 5.56 Å². The van der Waals surface area contributed by atoms with E-state index in [-0.39, 0.29) is 18.4 Å². The van der Waals surface area contributed by atoms with Gasteiger partial charge in [-0.2, -0.15) is 0 Å². The first-order valence-corrected chi connectivity index (χ1v) is 7.56. The van der Waals surface area contributed by atoms with Gasteiger partial charge in [0.05, 0.1) is 0 Å². The molecule has 0 saturated carbocycles.